The van der Waals surface area contributed by atoms with Crippen LogP contribution in [0.25, 0.3) is 16.5 Å². The first-order valence-corrected chi connectivity index (χ1v) is 6.07. The standard InChI is InChI=1S/C16H13NO2/c1-11(18)12-6-8-14(9-7-12)17-10-13-4-2-3-5-15(13)16(17)19/h2-10,19H,1H3. The van der Waals surface area contributed by atoms with Crippen LogP contribution in [0.5, 0.6) is 5.88 Å². The fraction of sp³-hybridized carbons (Fsp3) is 0.0625. The molecule has 1 aromatic heterocycles. The van der Waals surface area contributed by atoms with Crippen LogP contribution in [0.1, 0.15) is 17.3 Å². The van der Waals surface area contributed by atoms with Gasteiger partial charge in [0.25, 0.3) is 0 Å². The Hall–Kier alpha value is -2.55. The van der Waals surface area contributed by atoms with Crippen LogP contribution in [0.2, 0.25) is 0 Å². The van der Waals surface area contributed by atoms with Gasteiger partial charge < -0.3 is 5.11 Å². The average Bonchev–Trinajstić information content (AvgIpc) is 2.77. The van der Waals surface area contributed by atoms with E-state index in [1.165, 1.54) is 6.92 Å². The molecule has 1 N–H and O–H groups in total. The van der Waals surface area contributed by atoms with Crippen molar-refractivity contribution in [2.45, 2.75) is 6.92 Å². The lowest BCUT2D eigenvalue weighted by atomic mass is 10.1. The average molecular weight is 251 g/mol. The molecule has 0 radical (unpaired) electrons. The Labute approximate surface area is 110 Å². The molecule has 1 heterocycles. The molecule has 0 saturated carbocycles. The van der Waals surface area contributed by atoms with E-state index in [2.05, 4.69) is 0 Å². The van der Waals surface area contributed by atoms with Crippen LogP contribution in [-0.2, 0) is 0 Å². The van der Waals surface area contributed by atoms with Crippen molar-refractivity contribution in [1.29, 1.82) is 0 Å². The second kappa shape index (κ2) is 4.28. The summed E-state index contributed by atoms with van der Waals surface area (Å²) in [6.07, 6.45) is 1.88. The van der Waals surface area contributed by atoms with Gasteiger partial charge >= 0.3 is 0 Å². The molecule has 3 aromatic rings. The highest BCUT2D eigenvalue weighted by molar-refractivity contribution is 5.94. The normalized spacial score (nSPS) is 10.8. The van der Waals surface area contributed by atoms with Gasteiger partial charge in [0.2, 0.25) is 5.88 Å². The Balaban J connectivity index is 2.13. The van der Waals surface area contributed by atoms with Crippen molar-refractivity contribution in [2.75, 3.05) is 0 Å². The highest BCUT2D eigenvalue weighted by Gasteiger charge is 2.09. The van der Waals surface area contributed by atoms with Gasteiger partial charge in [0.1, 0.15) is 0 Å². The van der Waals surface area contributed by atoms with Crippen molar-refractivity contribution in [3.05, 3.63) is 60.3 Å². The molecule has 0 fully saturated rings. The Kier molecular flexibility index (Phi) is 2.60. The lowest BCUT2D eigenvalue weighted by Gasteiger charge is -2.05. The van der Waals surface area contributed by atoms with Crippen molar-refractivity contribution in [3.8, 4) is 11.6 Å². The number of nitrogens with zero attached hydrogens (tertiary/aromatic N) is 1. The number of rotatable bonds is 2. The van der Waals surface area contributed by atoms with Gasteiger partial charge in [-0.25, -0.2) is 0 Å². The van der Waals surface area contributed by atoms with E-state index >= 15 is 0 Å². The van der Waals surface area contributed by atoms with Gasteiger partial charge in [-0.2, -0.15) is 0 Å². The largest absolute Gasteiger partial charge is 0.494 e. The molecule has 3 rings (SSSR count). The number of hydrogen-bond acceptors (Lipinski definition) is 2. The number of Topliss-reactive ketones (excluding diaryl/α,β-unsaturated/α-hetero) is 1. The van der Waals surface area contributed by atoms with Gasteiger partial charge in [0, 0.05) is 28.2 Å². The summed E-state index contributed by atoms with van der Waals surface area (Å²) in [4.78, 5) is 11.2. The smallest absolute Gasteiger partial charge is 0.203 e. The number of aromatic nitrogens is 1. The number of ketones is 1. The van der Waals surface area contributed by atoms with E-state index in [1.54, 1.807) is 16.7 Å². The minimum absolute atomic E-state index is 0.0356. The molecular formula is C16H13NO2. The maximum absolute atomic E-state index is 11.2. The van der Waals surface area contributed by atoms with Gasteiger partial charge in [-0.1, -0.05) is 18.2 Å². The summed E-state index contributed by atoms with van der Waals surface area (Å²) in [6.45, 7) is 1.54. The van der Waals surface area contributed by atoms with Crippen molar-refractivity contribution in [2.24, 2.45) is 0 Å². The first-order chi connectivity index (χ1) is 9.16. The summed E-state index contributed by atoms with van der Waals surface area (Å²) in [5.41, 5.74) is 1.50. The fourth-order valence-corrected chi connectivity index (χ4v) is 2.20. The predicted molar refractivity (Wildman–Crippen MR) is 74.9 cm³/mol. The second-order valence-electron chi connectivity index (χ2n) is 4.51. The third kappa shape index (κ3) is 1.89. The lowest BCUT2D eigenvalue weighted by molar-refractivity contribution is 0.101. The molecule has 0 aliphatic carbocycles. The van der Waals surface area contributed by atoms with Crippen LogP contribution < -0.4 is 0 Å². The zero-order valence-corrected chi connectivity index (χ0v) is 10.5. The molecular weight excluding hydrogens is 238 g/mol. The summed E-state index contributed by atoms with van der Waals surface area (Å²) in [7, 11) is 0. The molecule has 0 atom stereocenters. The van der Waals surface area contributed by atoms with Crippen LogP contribution in [0.15, 0.2) is 54.7 Å². The van der Waals surface area contributed by atoms with E-state index in [1.807, 2.05) is 42.6 Å². The predicted octanol–water partition coefficient (Wildman–Crippen LogP) is 3.54. The highest BCUT2D eigenvalue weighted by Crippen LogP contribution is 2.29. The molecule has 0 aliphatic rings. The molecule has 3 heteroatoms. The Morgan fingerprint density at radius 2 is 1.74 bits per heavy atom. The molecule has 3 nitrogen and oxygen atoms in total. The SMILES string of the molecule is CC(=O)c1ccc(-n2cc3ccccc3c2O)cc1. The minimum atomic E-state index is 0.0356. The summed E-state index contributed by atoms with van der Waals surface area (Å²) in [5.74, 6) is 0.250. The quantitative estimate of drug-likeness (QED) is 0.708. The Bertz CT molecular complexity index is 754. The number of carbonyl (C=O) groups excluding carboxylic acids is 1. The highest BCUT2D eigenvalue weighted by atomic mass is 16.3. The number of benzene rings is 2. The van der Waals surface area contributed by atoms with Crippen molar-refractivity contribution in [3.63, 3.8) is 0 Å². The van der Waals surface area contributed by atoms with Crippen molar-refractivity contribution in [1.82, 2.24) is 4.57 Å². The summed E-state index contributed by atoms with van der Waals surface area (Å²) >= 11 is 0. The third-order valence-corrected chi connectivity index (χ3v) is 3.25. The van der Waals surface area contributed by atoms with E-state index in [0.717, 1.165) is 16.5 Å². The van der Waals surface area contributed by atoms with Crippen molar-refractivity contribution < 1.29 is 9.90 Å². The molecule has 0 aliphatic heterocycles. The lowest BCUT2D eigenvalue weighted by Crippen LogP contribution is -1.94. The first kappa shape index (κ1) is 11.5. The van der Waals surface area contributed by atoms with Crippen LogP contribution in [0.4, 0.5) is 0 Å². The molecule has 0 bridgehead atoms. The molecule has 94 valence electrons. The van der Waals surface area contributed by atoms with Crippen LogP contribution in [0, 0.1) is 0 Å². The van der Waals surface area contributed by atoms with Crippen LogP contribution in [0.3, 0.4) is 0 Å². The summed E-state index contributed by atoms with van der Waals surface area (Å²) in [6, 6.07) is 14.9. The fourth-order valence-electron chi connectivity index (χ4n) is 2.20. The Morgan fingerprint density at radius 1 is 1.05 bits per heavy atom. The number of hydrogen-bond donors (Lipinski definition) is 1. The van der Waals surface area contributed by atoms with E-state index in [4.69, 9.17) is 0 Å². The van der Waals surface area contributed by atoms with Crippen molar-refractivity contribution >= 4 is 16.6 Å². The van der Waals surface area contributed by atoms with Gasteiger partial charge in [-0.15, -0.1) is 0 Å². The maximum Gasteiger partial charge on any atom is 0.203 e. The summed E-state index contributed by atoms with van der Waals surface area (Å²) in [5, 5.41) is 12.0. The van der Waals surface area contributed by atoms with E-state index in [-0.39, 0.29) is 11.7 Å². The second-order valence-corrected chi connectivity index (χ2v) is 4.51. The van der Waals surface area contributed by atoms with Crippen LogP contribution in [-0.4, -0.2) is 15.5 Å². The minimum Gasteiger partial charge on any atom is -0.494 e. The zero-order valence-electron chi connectivity index (χ0n) is 10.5. The molecule has 0 spiro atoms. The molecule has 0 amide bonds. The van der Waals surface area contributed by atoms with Gasteiger partial charge in [0.05, 0.1) is 0 Å². The third-order valence-electron chi connectivity index (χ3n) is 3.25. The number of carbonyl (C=O) groups is 1. The monoisotopic (exact) mass is 251 g/mol. The topological polar surface area (TPSA) is 42.2 Å². The molecule has 0 unspecified atom stereocenters. The molecule has 2 aromatic carbocycles. The maximum atomic E-state index is 11.2. The van der Waals surface area contributed by atoms with Gasteiger partial charge in [-0.05, 0) is 37.3 Å². The molecule has 19 heavy (non-hydrogen) atoms. The Morgan fingerprint density at radius 3 is 2.37 bits per heavy atom. The van der Waals surface area contributed by atoms with Gasteiger partial charge in [0.15, 0.2) is 5.78 Å². The molecule has 0 saturated heterocycles. The van der Waals surface area contributed by atoms with E-state index in [9.17, 15) is 9.90 Å². The van der Waals surface area contributed by atoms with E-state index in [0.29, 0.717) is 5.56 Å². The first-order valence-electron chi connectivity index (χ1n) is 6.07. The van der Waals surface area contributed by atoms with Gasteiger partial charge in [-0.3, -0.25) is 9.36 Å². The number of aromatic hydroxyl groups is 1. The summed E-state index contributed by atoms with van der Waals surface area (Å²) < 4.78 is 1.72. The number of fused-ring (bicyclic) bond motifs is 1. The zero-order chi connectivity index (χ0) is 13.4. The van der Waals surface area contributed by atoms with Crippen LogP contribution >= 0.6 is 0 Å². The van der Waals surface area contributed by atoms with E-state index < -0.39 is 0 Å².